The Hall–Kier alpha value is -0.936. The molecule has 1 aliphatic rings. The van der Waals surface area contributed by atoms with E-state index in [1.54, 1.807) is 18.2 Å². The van der Waals surface area contributed by atoms with Gasteiger partial charge >= 0.3 is 0 Å². The molecule has 2 amide bonds. The van der Waals surface area contributed by atoms with Gasteiger partial charge in [-0.05, 0) is 31.0 Å². The van der Waals surface area contributed by atoms with E-state index in [1.165, 1.54) is 11.8 Å². The van der Waals surface area contributed by atoms with E-state index in [-0.39, 0.29) is 56.4 Å². The molecule has 145 valence electrons. The van der Waals surface area contributed by atoms with Crippen molar-refractivity contribution in [2.24, 2.45) is 11.8 Å². The molecule has 0 spiro atoms. The summed E-state index contributed by atoms with van der Waals surface area (Å²) in [6.45, 7) is 2.11. The van der Waals surface area contributed by atoms with Crippen molar-refractivity contribution in [2.75, 3.05) is 13.2 Å². The van der Waals surface area contributed by atoms with E-state index in [0.717, 1.165) is 12.0 Å². The van der Waals surface area contributed by atoms with Crippen molar-refractivity contribution in [3.05, 3.63) is 64.1 Å². The van der Waals surface area contributed by atoms with Crippen LogP contribution in [0.5, 0.6) is 5.75 Å². The van der Waals surface area contributed by atoms with Gasteiger partial charge < -0.3 is 4.74 Å². The first-order valence-electron chi connectivity index (χ1n) is 8.80. The molecule has 4 nitrogen and oxygen atoms in total. The third kappa shape index (κ3) is 6.03. The topological polar surface area (TPSA) is 46.6 Å². The second-order valence-corrected chi connectivity index (χ2v) is 7.57. The summed E-state index contributed by atoms with van der Waals surface area (Å²) >= 11 is 12.0. The zero-order valence-electron chi connectivity index (χ0n) is 15.5. The SMILES string of the molecule is CC(=O)N1C[C@H](COc2cc(Cl)cc(Cl)c2)[C@@H](CCc2cc[c-]cc2)C1=O.[Y]. The van der Waals surface area contributed by atoms with Gasteiger partial charge in [-0.1, -0.05) is 23.2 Å². The van der Waals surface area contributed by atoms with E-state index >= 15 is 0 Å². The van der Waals surface area contributed by atoms with E-state index < -0.39 is 0 Å². The first kappa shape index (κ1) is 23.3. The largest absolute Gasteiger partial charge is 0.493 e. The number of hydrogen-bond donors (Lipinski definition) is 0. The summed E-state index contributed by atoms with van der Waals surface area (Å²) in [5.74, 6) is -0.129. The van der Waals surface area contributed by atoms with Crippen LogP contribution < -0.4 is 4.74 Å². The minimum absolute atomic E-state index is 0. The van der Waals surface area contributed by atoms with Gasteiger partial charge in [-0.25, -0.2) is 0 Å². The summed E-state index contributed by atoms with van der Waals surface area (Å²) in [5.41, 5.74) is 1.14. The molecule has 3 rings (SSSR count). The maximum absolute atomic E-state index is 12.7. The number of halogens is 2. The summed E-state index contributed by atoms with van der Waals surface area (Å²) in [6, 6.07) is 15.7. The van der Waals surface area contributed by atoms with Gasteiger partial charge in [0.05, 0.1) is 6.61 Å². The van der Waals surface area contributed by atoms with E-state index in [1.807, 2.05) is 24.3 Å². The molecule has 0 bridgehead atoms. The van der Waals surface area contributed by atoms with Crippen molar-refractivity contribution >= 4 is 35.0 Å². The number of hydrogen-bond acceptors (Lipinski definition) is 3. The average molecular weight is 494 g/mol. The molecule has 0 N–H and O–H groups in total. The van der Waals surface area contributed by atoms with Crippen LogP contribution in [0.4, 0.5) is 0 Å². The van der Waals surface area contributed by atoms with Gasteiger partial charge in [0.25, 0.3) is 0 Å². The van der Waals surface area contributed by atoms with Crippen LogP contribution in [-0.4, -0.2) is 29.9 Å². The number of carbonyl (C=O) groups excluding carboxylic acids is 2. The van der Waals surface area contributed by atoms with Crippen molar-refractivity contribution in [1.29, 1.82) is 0 Å². The Labute approximate surface area is 200 Å². The number of imide groups is 1. The van der Waals surface area contributed by atoms with Gasteiger partial charge in [0, 0.05) is 68.1 Å². The monoisotopic (exact) mass is 493 g/mol. The van der Waals surface area contributed by atoms with E-state index in [4.69, 9.17) is 27.9 Å². The third-order valence-corrected chi connectivity index (χ3v) is 5.22. The van der Waals surface area contributed by atoms with Crippen LogP contribution >= 0.6 is 23.2 Å². The minimum atomic E-state index is -0.257. The first-order chi connectivity index (χ1) is 12.9. The number of rotatable bonds is 6. The number of ether oxygens (including phenoxy) is 1. The van der Waals surface area contributed by atoms with Crippen LogP contribution in [0.3, 0.4) is 0 Å². The fourth-order valence-electron chi connectivity index (χ4n) is 3.39. The number of benzene rings is 2. The molecule has 2 atom stereocenters. The van der Waals surface area contributed by atoms with Gasteiger partial charge in [0.1, 0.15) is 5.75 Å². The minimum Gasteiger partial charge on any atom is -0.493 e. The maximum atomic E-state index is 12.7. The molecule has 1 fully saturated rings. The normalized spacial score (nSPS) is 18.7. The average Bonchev–Trinajstić information content (AvgIpc) is 2.94. The molecule has 1 radical (unpaired) electrons. The molecule has 28 heavy (non-hydrogen) atoms. The standard InChI is InChI=1S/C21H20Cl2NO3.Y/c1-14(25)24-12-16(13-27-19-10-17(22)9-18(23)11-19)20(21(24)26)8-7-15-5-3-2-4-6-15;/h3-6,9-11,16,20H,7-8,12-13H2,1H3;/q-1;/t16-,20-;/m1./s1. The molecular formula is C21H20Cl2NO3Y-. The summed E-state index contributed by atoms with van der Waals surface area (Å²) in [4.78, 5) is 25.8. The maximum Gasteiger partial charge on any atom is 0.232 e. The molecule has 2 aromatic rings. The van der Waals surface area contributed by atoms with Crippen LogP contribution in [0.15, 0.2) is 42.5 Å². The molecule has 1 aliphatic heterocycles. The Morgan fingerprint density at radius 3 is 2.46 bits per heavy atom. The van der Waals surface area contributed by atoms with Crippen molar-refractivity contribution in [1.82, 2.24) is 4.90 Å². The van der Waals surface area contributed by atoms with Crippen molar-refractivity contribution < 1.29 is 47.0 Å². The summed E-state index contributed by atoms with van der Waals surface area (Å²) in [6.07, 6.45) is 1.42. The van der Waals surface area contributed by atoms with Gasteiger partial charge in [-0.15, -0.1) is 0 Å². The van der Waals surface area contributed by atoms with Gasteiger partial charge in [-0.3, -0.25) is 14.5 Å². The molecule has 0 unspecified atom stereocenters. The van der Waals surface area contributed by atoms with Crippen molar-refractivity contribution in [3.8, 4) is 5.75 Å². The number of likely N-dealkylation sites (tertiary alicyclic amines) is 1. The molecule has 1 heterocycles. The molecule has 2 aromatic carbocycles. The van der Waals surface area contributed by atoms with E-state index in [0.29, 0.717) is 35.4 Å². The number of nitrogens with zero attached hydrogens (tertiary/aromatic N) is 1. The number of aryl methyl sites for hydroxylation is 1. The van der Waals surface area contributed by atoms with Crippen LogP contribution in [0, 0.1) is 17.9 Å². The molecule has 0 aromatic heterocycles. The Bertz CT molecular complexity index is 811. The van der Waals surface area contributed by atoms with Crippen LogP contribution in [0.1, 0.15) is 18.9 Å². The fourth-order valence-corrected chi connectivity index (χ4v) is 3.90. The van der Waals surface area contributed by atoms with Crippen LogP contribution in [-0.2, 0) is 48.7 Å². The predicted octanol–water partition coefficient (Wildman–Crippen LogP) is 4.42. The summed E-state index contributed by atoms with van der Waals surface area (Å²) in [7, 11) is 0. The summed E-state index contributed by atoms with van der Waals surface area (Å²) in [5, 5.41) is 0.977. The Balaban J connectivity index is 0.00000280. The Morgan fingerprint density at radius 2 is 1.86 bits per heavy atom. The smallest absolute Gasteiger partial charge is 0.232 e. The first-order valence-corrected chi connectivity index (χ1v) is 9.55. The zero-order valence-corrected chi connectivity index (χ0v) is 19.9. The van der Waals surface area contributed by atoms with Crippen molar-refractivity contribution in [3.63, 3.8) is 0 Å². The second kappa shape index (κ2) is 10.7. The van der Waals surface area contributed by atoms with Crippen LogP contribution in [0.2, 0.25) is 10.0 Å². The molecule has 1 saturated heterocycles. The second-order valence-electron chi connectivity index (χ2n) is 6.70. The molecule has 0 aliphatic carbocycles. The molecule has 7 heteroatoms. The number of amides is 2. The zero-order chi connectivity index (χ0) is 19.4. The Kier molecular flexibility index (Phi) is 8.95. The van der Waals surface area contributed by atoms with Gasteiger partial charge in [-0.2, -0.15) is 35.9 Å². The van der Waals surface area contributed by atoms with Gasteiger partial charge in [0.15, 0.2) is 0 Å². The van der Waals surface area contributed by atoms with Crippen LogP contribution in [0.25, 0.3) is 0 Å². The number of carbonyl (C=O) groups is 2. The third-order valence-electron chi connectivity index (χ3n) is 4.78. The molecule has 0 saturated carbocycles. The quantitative estimate of drug-likeness (QED) is 0.559. The van der Waals surface area contributed by atoms with E-state index in [2.05, 4.69) is 6.07 Å². The summed E-state index contributed by atoms with van der Waals surface area (Å²) < 4.78 is 5.85. The van der Waals surface area contributed by atoms with Gasteiger partial charge in [0.2, 0.25) is 11.8 Å². The van der Waals surface area contributed by atoms with E-state index in [9.17, 15) is 9.59 Å². The van der Waals surface area contributed by atoms with Crippen molar-refractivity contribution in [2.45, 2.75) is 19.8 Å². The molecular weight excluding hydrogens is 474 g/mol. The predicted molar refractivity (Wildman–Crippen MR) is 105 cm³/mol. The fraction of sp³-hybridized carbons (Fsp3) is 0.333. The Morgan fingerprint density at radius 1 is 1.21 bits per heavy atom.